The first-order valence-electron chi connectivity index (χ1n) is 8.22. The Labute approximate surface area is 161 Å². The SMILES string of the molecule is COc1cccc(Cn2nc(C)c(NC(=O)c3ccccc3Br)c2C)c1. The average molecular weight is 414 g/mol. The van der Waals surface area contributed by atoms with E-state index in [2.05, 4.69) is 26.3 Å². The van der Waals surface area contributed by atoms with Crippen LogP contribution in [0, 0.1) is 13.8 Å². The number of ether oxygens (including phenoxy) is 1. The maximum atomic E-state index is 12.6. The number of carbonyl (C=O) groups is 1. The minimum Gasteiger partial charge on any atom is -0.497 e. The van der Waals surface area contributed by atoms with Crippen molar-refractivity contribution in [3.8, 4) is 5.75 Å². The zero-order chi connectivity index (χ0) is 18.7. The Balaban J connectivity index is 1.84. The van der Waals surface area contributed by atoms with Crippen LogP contribution in [-0.4, -0.2) is 22.8 Å². The van der Waals surface area contributed by atoms with Gasteiger partial charge in [0.25, 0.3) is 5.91 Å². The Bertz CT molecular complexity index is 950. The van der Waals surface area contributed by atoms with Crippen molar-refractivity contribution in [3.63, 3.8) is 0 Å². The number of carbonyl (C=O) groups excluding carboxylic acids is 1. The third kappa shape index (κ3) is 3.80. The molecule has 0 saturated carbocycles. The lowest BCUT2D eigenvalue weighted by molar-refractivity contribution is 0.102. The summed E-state index contributed by atoms with van der Waals surface area (Å²) in [4.78, 5) is 12.6. The second-order valence-electron chi connectivity index (χ2n) is 5.99. The number of aromatic nitrogens is 2. The molecule has 1 aromatic heterocycles. The van der Waals surface area contributed by atoms with Gasteiger partial charge in [-0.2, -0.15) is 5.10 Å². The summed E-state index contributed by atoms with van der Waals surface area (Å²) in [5.74, 6) is 0.649. The molecule has 2 aromatic carbocycles. The predicted octanol–water partition coefficient (Wildman–Crippen LogP) is 4.57. The fourth-order valence-electron chi connectivity index (χ4n) is 2.80. The van der Waals surface area contributed by atoms with Crippen LogP contribution in [0.3, 0.4) is 0 Å². The quantitative estimate of drug-likeness (QED) is 0.666. The molecule has 134 valence electrons. The molecule has 1 N–H and O–H groups in total. The molecule has 3 rings (SSSR count). The molecule has 0 aliphatic heterocycles. The number of aryl methyl sites for hydroxylation is 1. The van der Waals surface area contributed by atoms with Gasteiger partial charge >= 0.3 is 0 Å². The molecule has 0 spiro atoms. The largest absolute Gasteiger partial charge is 0.497 e. The van der Waals surface area contributed by atoms with E-state index >= 15 is 0 Å². The van der Waals surface area contributed by atoms with Gasteiger partial charge in [0, 0.05) is 4.47 Å². The van der Waals surface area contributed by atoms with Gasteiger partial charge in [0.05, 0.1) is 36.3 Å². The van der Waals surface area contributed by atoms with E-state index in [1.54, 1.807) is 13.2 Å². The average Bonchev–Trinajstić information content (AvgIpc) is 2.89. The van der Waals surface area contributed by atoms with Crippen molar-refractivity contribution in [1.29, 1.82) is 0 Å². The van der Waals surface area contributed by atoms with Crippen LogP contribution in [0.25, 0.3) is 0 Å². The molecule has 5 nitrogen and oxygen atoms in total. The molecule has 0 bridgehead atoms. The van der Waals surface area contributed by atoms with E-state index in [0.29, 0.717) is 12.1 Å². The number of hydrogen-bond donors (Lipinski definition) is 1. The Morgan fingerprint density at radius 1 is 1.19 bits per heavy atom. The Morgan fingerprint density at radius 3 is 2.69 bits per heavy atom. The van der Waals surface area contributed by atoms with Gasteiger partial charge in [0.2, 0.25) is 0 Å². The first-order valence-corrected chi connectivity index (χ1v) is 9.01. The van der Waals surface area contributed by atoms with E-state index in [-0.39, 0.29) is 5.91 Å². The number of hydrogen-bond acceptors (Lipinski definition) is 3. The number of benzene rings is 2. The summed E-state index contributed by atoms with van der Waals surface area (Å²) in [6.07, 6.45) is 0. The number of methoxy groups -OCH3 is 1. The first kappa shape index (κ1) is 18.2. The standard InChI is InChI=1S/C20H20BrN3O2/c1-13-19(22-20(25)17-9-4-5-10-18(17)21)14(2)24(23-13)12-15-7-6-8-16(11-15)26-3/h4-11H,12H2,1-3H3,(H,22,25). The number of rotatable bonds is 5. The summed E-state index contributed by atoms with van der Waals surface area (Å²) in [7, 11) is 1.65. The van der Waals surface area contributed by atoms with Crippen LogP contribution in [0.4, 0.5) is 5.69 Å². The zero-order valence-corrected chi connectivity index (χ0v) is 16.5. The van der Waals surface area contributed by atoms with E-state index in [0.717, 1.165) is 32.9 Å². The lowest BCUT2D eigenvalue weighted by atomic mass is 10.2. The molecule has 3 aromatic rings. The van der Waals surface area contributed by atoms with Gasteiger partial charge < -0.3 is 10.1 Å². The highest BCUT2D eigenvalue weighted by atomic mass is 79.9. The van der Waals surface area contributed by atoms with E-state index in [9.17, 15) is 4.79 Å². The second kappa shape index (κ2) is 7.74. The molecular weight excluding hydrogens is 394 g/mol. The molecule has 0 unspecified atom stereocenters. The lowest BCUT2D eigenvalue weighted by Crippen LogP contribution is -2.14. The number of halogens is 1. The summed E-state index contributed by atoms with van der Waals surface area (Å²) in [6.45, 7) is 4.45. The van der Waals surface area contributed by atoms with Crippen LogP contribution in [0.2, 0.25) is 0 Å². The van der Waals surface area contributed by atoms with Crippen molar-refractivity contribution in [2.24, 2.45) is 0 Å². The summed E-state index contributed by atoms with van der Waals surface area (Å²) in [6, 6.07) is 15.2. The minimum absolute atomic E-state index is 0.162. The Morgan fingerprint density at radius 2 is 1.96 bits per heavy atom. The molecule has 0 aliphatic rings. The van der Waals surface area contributed by atoms with Gasteiger partial charge in [0.1, 0.15) is 5.75 Å². The summed E-state index contributed by atoms with van der Waals surface area (Å²) >= 11 is 3.42. The van der Waals surface area contributed by atoms with E-state index in [1.807, 2.05) is 61.0 Å². The number of amides is 1. The smallest absolute Gasteiger partial charge is 0.256 e. The van der Waals surface area contributed by atoms with Crippen LogP contribution in [0.15, 0.2) is 53.0 Å². The number of nitrogens with one attached hydrogen (secondary N) is 1. The minimum atomic E-state index is -0.162. The van der Waals surface area contributed by atoms with Gasteiger partial charge in [-0.25, -0.2) is 0 Å². The maximum Gasteiger partial charge on any atom is 0.256 e. The topological polar surface area (TPSA) is 56.1 Å². The highest BCUT2D eigenvalue weighted by Gasteiger charge is 2.16. The monoisotopic (exact) mass is 413 g/mol. The van der Waals surface area contributed by atoms with Crippen LogP contribution in [0.1, 0.15) is 27.3 Å². The molecule has 0 radical (unpaired) electrons. The fourth-order valence-corrected chi connectivity index (χ4v) is 3.27. The molecular formula is C20H20BrN3O2. The van der Waals surface area contributed by atoms with Crippen LogP contribution in [-0.2, 0) is 6.54 Å². The van der Waals surface area contributed by atoms with Crippen LogP contribution < -0.4 is 10.1 Å². The molecule has 6 heteroatoms. The van der Waals surface area contributed by atoms with Gasteiger partial charge in [-0.15, -0.1) is 0 Å². The second-order valence-corrected chi connectivity index (χ2v) is 6.84. The summed E-state index contributed by atoms with van der Waals surface area (Å²) in [5.41, 5.74) is 4.11. The van der Waals surface area contributed by atoms with Crippen molar-refractivity contribution < 1.29 is 9.53 Å². The summed E-state index contributed by atoms with van der Waals surface area (Å²) < 4.78 is 7.92. The fraction of sp³-hybridized carbons (Fsp3) is 0.200. The van der Waals surface area contributed by atoms with Crippen molar-refractivity contribution >= 4 is 27.5 Å². The van der Waals surface area contributed by atoms with E-state index in [1.165, 1.54) is 0 Å². The lowest BCUT2D eigenvalue weighted by Gasteiger charge is -2.09. The third-order valence-corrected chi connectivity index (χ3v) is 4.90. The first-order chi connectivity index (χ1) is 12.5. The van der Waals surface area contributed by atoms with Crippen molar-refractivity contribution in [2.75, 3.05) is 12.4 Å². The Hall–Kier alpha value is -2.60. The number of nitrogens with zero attached hydrogens (tertiary/aromatic N) is 2. The van der Waals surface area contributed by atoms with Crippen LogP contribution in [0.5, 0.6) is 5.75 Å². The van der Waals surface area contributed by atoms with Crippen LogP contribution >= 0.6 is 15.9 Å². The van der Waals surface area contributed by atoms with Gasteiger partial charge in [-0.1, -0.05) is 24.3 Å². The molecule has 0 atom stereocenters. The predicted molar refractivity (Wildman–Crippen MR) is 106 cm³/mol. The molecule has 0 saturated heterocycles. The van der Waals surface area contributed by atoms with E-state index < -0.39 is 0 Å². The molecule has 0 fully saturated rings. The highest BCUT2D eigenvalue weighted by molar-refractivity contribution is 9.10. The normalized spacial score (nSPS) is 10.6. The van der Waals surface area contributed by atoms with Gasteiger partial charge in [-0.05, 0) is 59.6 Å². The van der Waals surface area contributed by atoms with Crippen molar-refractivity contribution in [2.45, 2.75) is 20.4 Å². The maximum absolute atomic E-state index is 12.6. The molecule has 26 heavy (non-hydrogen) atoms. The Kier molecular flexibility index (Phi) is 5.42. The van der Waals surface area contributed by atoms with E-state index in [4.69, 9.17) is 4.74 Å². The summed E-state index contributed by atoms with van der Waals surface area (Å²) in [5, 5.41) is 7.57. The molecule has 0 aliphatic carbocycles. The number of anilines is 1. The van der Waals surface area contributed by atoms with Gasteiger partial charge in [0.15, 0.2) is 0 Å². The van der Waals surface area contributed by atoms with Crippen molar-refractivity contribution in [3.05, 3.63) is 75.5 Å². The highest BCUT2D eigenvalue weighted by Crippen LogP contribution is 2.24. The zero-order valence-electron chi connectivity index (χ0n) is 14.9. The van der Waals surface area contributed by atoms with Crippen molar-refractivity contribution in [1.82, 2.24) is 9.78 Å². The molecule has 1 heterocycles. The molecule has 1 amide bonds. The van der Waals surface area contributed by atoms with Gasteiger partial charge in [-0.3, -0.25) is 9.48 Å². The third-order valence-electron chi connectivity index (χ3n) is 4.20.